The molecule has 2 spiro atoms. The van der Waals surface area contributed by atoms with Gasteiger partial charge in [-0.2, -0.15) is 4.99 Å². The van der Waals surface area contributed by atoms with E-state index >= 15 is 0 Å². The standard InChI is InChI=1S/C34H43N5O3/c1-5-6-11-27-30(35)37-31(41)34(27)17-25-15-24-14-23(20-36-28(24)16-26(25)18-34)21-38-32(42-4)39(22(2)3)29(40)19-33(38)12-9-7-8-10-13-33/h5,11,14-16,20,22,32H,1,6-10,12-13,17-19,21H2,2-4H3,(H2,35,37,41)/b27-11+. The number of nitrogens with two attached hydrogens (primary N) is 1. The van der Waals surface area contributed by atoms with Crippen LogP contribution < -0.4 is 5.73 Å². The van der Waals surface area contributed by atoms with Gasteiger partial charge in [0.2, 0.25) is 5.91 Å². The van der Waals surface area contributed by atoms with Crippen LogP contribution in [0.2, 0.25) is 0 Å². The minimum absolute atomic E-state index is 0.0412. The molecule has 8 nitrogen and oxygen atoms in total. The molecule has 2 amide bonds. The Kier molecular flexibility index (Phi) is 7.56. The molecule has 0 radical (unpaired) electrons. The zero-order valence-electron chi connectivity index (χ0n) is 25.2. The Morgan fingerprint density at radius 1 is 1.10 bits per heavy atom. The Balaban J connectivity index is 1.34. The summed E-state index contributed by atoms with van der Waals surface area (Å²) in [5.41, 5.74) is 10.4. The number of fused-ring (bicyclic) bond motifs is 2. The van der Waals surface area contributed by atoms with Crippen LogP contribution in [0.5, 0.6) is 0 Å². The van der Waals surface area contributed by atoms with Crippen molar-refractivity contribution in [3.8, 4) is 0 Å². The Bertz CT molecular complexity index is 1490. The predicted octanol–water partition coefficient (Wildman–Crippen LogP) is 5.19. The predicted molar refractivity (Wildman–Crippen MR) is 164 cm³/mol. The number of methoxy groups -OCH3 is 1. The minimum Gasteiger partial charge on any atom is -0.383 e. The number of hydrogen-bond acceptors (Lipinski definition) is 6. The molecule has 1 aromatic heterocycles. The quantitative estimate of drug-likeness (QED) is 0.481. The van der Waals surface area contributed by atoms with Gasteiger partial charge < -0.3 is 15.4 Å². The van der Waals surface area contributed by atoms with Gasteiger partial charge in [0.05, 0.1) is 10.9 Å². The number of amidine groups is 1. The van der Waals surface area contributed by atoms with Crippen LogP contribution in [0.1, 0.15) is 81.9 Å². The summed E-state index contributed by atoms with van der Waals surface area (Å²) in [7, 11) is 1.71. The van der Waals surface area contributed by atoms with Gasteiger partial charge in [-0.3, -0.25) is 19.5 Å². The van der Waals surface area contributed by atoms with E-state index in [4.69, 9.17) is 15.5 Å². The van der Waals surface area contributed by atoms with Gasteiger partial charge in [0.1, 0.15) is 5.84 Å². The maximum Gasteiger partial charge on any atom is 0.259 e. The van der Waals surface area contributed by atoms with Crippen molar-refractivity contribution in [3.63, 3.8) is 0 Å². The van der Waals surface area contributed by atoms with E-state index in [1.165, 1.54) is 12.8 Å². The van der Waals surface area contributed by atoms with Crippen molar-refractivity contribution in [1.82, 2.24) is 14.8 Å². The monoisotopic (exact) mass is 569 g/mol. The zero-order valence-corrected chi connectivity index (χ0v) is 25.2. The fourth-order valence-electron chi connectivity index (χ4n) is 7.98. The number of nitrogens with zero attached hydrogens (tertiary/aromatic N) is 4. The highest BCUT2D eigenvalue weighted by molar-refractivity contribution is 6.16. The van der Waals surface area contributed by atoms with Crippen LogP contribution in [0.25, 0.3) is 10.9 Å². The lowest BCUT2D eigenvalue weighted by molar-refractivity contribution is -0.220. The second-order valence-corrected chi connectivity index (χ2v) is 12.9. The van der Waals surface area contributed by atoms with Crippen LogP contribution in [-0.2, 0) is 33.7 Å². The lowest BCUT2D eigenvalue weighted by atomic mass is 9.77. The number of carbonyl (C=O) groups is 2. The Morgan fingerprint density at radius 2 is 1.81 bits per heavy atom. The first-order valence-corrected chi connectivity index (χ1v) is 15.4. The van der Waals surface area contributed by atoms with Crippen LogP contribution in [0, 0.1) is 5.41 Å². The molecule has 2 aliphatic heterocycles. The maximum atomic E-state index is 13.5. The normalized spacial score (nSPS) is 27.0. The lowest BCUT2D eigenvalue weighted by Crippen LogP contribution is -2.67. The third kappa shape index (κ3) is 4.69. The van der Waals surface area contributed by atoms with E-state index in [2.05, 4.69) is 48.5 Å². The molecular weight excluding hydrogens is 526 g/mol. The summed E-state index contributed by atoms with van der Waals surface area (Å²) >= 11 is 0. The lowest BCUT2D eigenvalue weighted by Gasteiger charge is -2.55. The first kappa shape index (κ1) is 28.7. The topological polar surface area (TPSA) is 101 Å². The second kappa shape index (κ2) is 11.0. The van der Waals surface area contributed by atoms with Crippen molar-refractivity contribution in [1.29, 1.82) is 0 Å². The van der Waals surface area contributed by atoms with Crippen molar-refractivity contribution in [2.75, 3.05) is 7.11 Å². The number of benzene rings is 1. The van der Waals surface area contributed by atoms with Gasteiger partial charge in [0.25, 0.3) is 5.91 Å². The summed E-state index contributed by atoms with van der Waals surface area (Å²) in [4.78, 5) is 40.0. The summed E-state index contributed by atoms with van der Waals surface area (Å²) in [6.07, 6.45) is 14.4. The largest absolute Gasteiger partial charge is 0.383 e. The highest BCUT2D eigenvalue weighted by Gasteiger charge is 2.52. The summed E-state index contributed by atoms with van der Waals surface area (Å²) in [5.74, 6) is 0.358. The summed E-state index contributed by atoms with van der Waals surface area (Å²) < 4.78 is 6.09. The van der Waals surface area contributed by atoms with E-state index < -0.39 is 11.8 Å². The molecule has 0 bridgehead atoms. The van der Waals surface area contributed by atoms with Crippen LogP contribution in [0.15, 0.2) is 53.7 Å². The molecule has 2 unspecified atom stereocenters. The molecular formula is C34H43N5O3. The number of amides is 2. The molecule has 1 saturated heterocycles. The maximum absolute atomic E-state index is 13.5. The van der Waals surface area contributed by atoms with Gasteiger partial charge in [0, 0.05) is 48.8 Å². The third-order valence-corrected chi connectivity index (χ3v) is 9.99. The number of ether oxygens (including phenoxy) is 1. The summed E-state index contributed by atoms with van der Waals surface area (Å²) in [6.45, 7) is 8.59. The molecule has 42 heavy (non-hydrogen) atoms. The first-order chi connectivity index (χ1) is 20.2. The van der Waals surface area contributed by atoms with Crippen molar-refractivity contribution in [2.45, 2.75) is 103 Å². The summed E-state index contributed by atoms with van der Waals surface area (Å²) in [5, 5.41) is 1.05. The van der Waals surface area contributed by atoms with E-state index in [9.17, 15) is 9.59 Å². The van der Waals surface area contributed by atoms with E-state index in [0.717, 1.165) is 58.8 Å². The second-order valence-electron chi connectivity index (χ2n) is 12.9. The number of pyridine rings is 1. The van der Waals surface area contributed by atoms with Crippen LogP contribution in [0.4, 0.5) is 0 Å². The van der Waals surface area contributed by atoms with Crippen molar-refractivity contribution < 1.29 is 14.3 Å². The molecule has 2 N–H and O–H groups in total. The fourth-order valence-corrected chi connectivity index (χ4v) is 7.98. The van der Waals surface area contributed by atoms with Crippen LogP contribution >= 0.6 is 0 Å². The molecule has 4 aliphatic rings. The Morgan fingerprint density at radius 3 is 2.48 bits per heavy atom. The molecule has 1 saturated carbocycles. The Hall–Kier alpha value is -3.36. The van der Waals surface area contributed by atoms with Gasteiger partial charge in [-0.1, -0.05) is 37.8 Å². The molecule has 3 heterocycles. The van der Waals surface area contributed by atoms with Crippen molar-refractivity contribution >= 4 is 28.6 Å². The highest BCUT2D eigenvalue weighted by atomic mass is 16.5. The smallest absolute Gasteiger partial charge is 0.259 e. The van der Waals surface area contributed by atoms with Crippen LogP contribution in [0.3, 0.4) is 0 Å². The van der Waals surface area contributed by atoms with Gasteiger partial charge >= 0.3 is 0 Å². The molecule has 2 aliphatic carbocycles. The molecule has 1 aromatic carbocycles. The average Bonchev–Trinajstić information content (AvgIpc) is 3.31. The molecule has 2 fully saturated rings. The number of hydrogen-bond donors (Lipinski definition) is 1. The van der Waals surface area contributed by atoms with Crippen molar-refractivity contribution in [3.05, 3.63) is 65.4 Å². The van der Waals surface area contributed by atoms with Gasteiger partial charge in [-0.25, -0.2) is 0 Å². The number of allylic oxidation sites excluding steroid dienone is 2. The molecule has 6 rings (SSSR count). The van der Waals surface area contributed by atoms with E-state index in [1.54, 1.807) is 7.11 Å². The van der Waals surface area contributed by atoms with Gasteiger partial charge in [-0.05, 0) is 80.8 Å². The number of aliphatic imine (C=N–C) groups is 1. The number of aromatic nitrogens is 1. The number of rotatable bonds is 6. The Labute approximate surface area is 248 Å². The summed E-state index contributed by atoms with van der Waals surface area (Å²) in [6, 6.07) is 6.58. The van der Waals surface area contributed by atoms with Gasteiger partial charge in [-0.15, -0.1) is 6.58 Å². The van der Waals surface area contributed by atoms with E-state index in [0.29, 0.717) is 38.1 Å². The SMILES string of the molecule is C=CC/C=C1\C(N)=NC(=O)C12Cc1cc3cc(CN4C(OC)N(C(C)C)C(=O)CC45CCCCCC5)cnc3cc1C2. The molecule has 2 aromatic rings. The minimum atomic E-state index is -0.728. The molecule has 8 heteroatoms. The van der Waals surface area contributed by atoms with Crippen LogP contribution in [-0.4, -0.2) is 57.5 Å². The number of carbonyl (C=O) groups excluding carboxylic acids is 2. The third-order valence-electron chi connectivity index (χ3n) is 9.99. The fraction of sp³-hybridized carbons (Fsp3) is 0.529. The van der Waals surface area contributed by atoms with E-state index in [1.807, 2.05) is 23.2 Å². The zero-order chi connectivity index (χ0) is 29.6. The highest BCUT2D eigenvalue weighted by Crippen LogP contribution is 2.48. The van der Waals surface area contributed by atoms with E-state index in [-0.39, 0.29) is 23.4 Å². The molecule has 222 valence electrons. The first-order valence-electron chi connectivity index (χ1n) is 15.4. The molecule has 2 atom stereocenters. The average molecular weight is 570 g/mol. The van der Waals surface area contributed by atoms with Crippen molar-refractivity contribution in [2.24, 2.45) is 16.1 Å². The van der Waals surface area contributed by atoms with Gasteiger partial charge in [0.15, 0.2) is 6.35 Å².